The van der Waals surface area contributed by atoms with Crippen molar-refractivity contribution < 1.29 is 33.0 Å². The predicted octanol–water partition coefficient (Wildman–Crippen LogP) is 4.25. The lowest BCUT2D eigenvalue weighted by molar-refractivity contribution is -0.133. The van der Waals surface area contributed by atoms with Crippen molar-refractivity contribution in [3.63, 3.8) is 0 Å². The number of amides is 3. The second-order valence-corrected chi connectivity index (χ2v) is 11.9. The minimum atomic E-state index is -0.642. The molecule has 2 heterocycles. The van der Waals surface area contributed by atoms with Gasteiger partial charge in [0.1, 0.15) is 23.3 Å². The van der Waals surface area contributed by atoms with Gasteiger partial charge in [-0.1, -0.05) is 26.0 Å². The second-order valence-electron chi connectivity index (χ2n) is 11.9. The summed E-state index contributed by atoms with van der Waals surface area (Å²) in [6, 6.07) is 12.4. The highest BCUT2D eigenvalue weighted by molar-refractivity contribution is 5.90. The number of anilines is 2. The van der Waals surface area contributed by atoms with Crippen LogP contribution in [0.25, 0.3) is 0 Å². The summed E-state index contributed by atoms with van der Waals surface area (Å²) in [5.74, 6) is 0.0593. The molecule has 2 fully saturated rings. The summed E-state index contributed by atoms with van der Waals surface area (Å²) in [6.07, 6.45) is -1.81. The average molecular weight is 614 g/mol. The average Bonchev–Trinajstić information content (AvgIpc) is 3.37. The Labute approximate surface area is 258 Å². The number of cyclic esters (lactones) is 1. The topological polar surface area (TPSA) is 104 Å². The molecule has 2 aliphatic heterocycles. The Bertz CT molecular complexity index is 1290. The number of halogens is 1. The van der Waals surface area contributed by atoms with Crippen molar-refractivity contribution in [1.29, 1.82) is 0 Å². The Hall–Kier alpha value is -4.06. The molecule has 4 rings (SSSR count). The van der Waals surface area contributed by atoms with E-state index in [1.165, 1.54) is 16.5 Å². The van der Waals surface area contributed by atoms with Gasteiger partial charge in [-0.2, -0.15) is 0 Å². The van der Waals surface area contributed by atoms with Crippen LogP contribution in [0.1, 0.15) is 40.2 Å². The second kappa shape index (κ2) is 14.6. The van der Waals surface area contributed by atoms with E-state index in [-0.39, 0.29) is 25.6 Å². The summed E-state index contributed by atoms with van der Waals surface area (Å²) in [4.78, 5) is 44.4. The number of benzene rings is 2. The zero-order valence-electron chi connectivity index (χ0n) is 26.3. The Morgan fingerprint density at radius 1 is 1.05 bits per heavy atom. The number of alkyl carbamates (subject to hydrolysis) is 1. The molecule has 44 heavy (non-hydrogen) atoms. The van der Waals surface area contributed by atoms with Gasteiger partial charge >= 0.3 is 12.2 Å². The first-order valence-electron chi connectivity index (χ1n) is 15.2. The number of carbonyl (C=O) groups is 3. The summed E-state index contributed by atoms with van der Waals surface area (Å²) in [5, 5.41) is 2.59. The SMILES string of the molecule is CCN(CC)Cc1ccc(OCC(=O)N2CCN(c3ccc(N4C[C@H](CNC(=O)OC(C)(C)C)OC4=O)cc3F)CC2)cc1. The van der Waals surface area contributed by atoms with E-state index in [2.05, 4.69) is 24.1 Å². The van der Waals surface area contributed by atoms with E-state index in [1.54, 1.807) is 37.8 Å². The highest BCUT2D eigenvalue weighted by Crippen LogP contribution is 2.28. The van der Waals surface area contributed by atoms with Gasteiger partial charge in [0, 0.05) is 32.7 Å². The summed E-state index contributed by atoms with van der Waals surface area (Å²) in [5.41, 5.74) is 1.32. The maximum absolute atomic E-state index is 15.2. The first-order chi connectivity index (χ1) is 21.0. The summed E-state index contributed by atoms with van der Waals surface area (Å²) < 4.78 is 31.5. The predicted molar refractivity (Wildman–Crippen MR) is 166 cm³/mol. The van der Waals surface area contributed by atoms with Gasteiger partial charge in [0.15, 0.2) is 6.61 Å². The van der Waals surface area contributed by atoms with E-state index < -0.39 is 29.7 Å². The van der Waals surface area contributed by atoms with E-state index in [0.717, 1.165) is 19.6 Å². The lowest BCUT2D eigenvalue weighted by Crippen LogP contribution is -2.50. The molecule has 0 unspecified atom stereocenters. The van der Waals surface area contributed by atoms with Crippen LogP contribution in [0.3, 0.4) is 0 Å². The molecule has 2 aromatic rings. The number of nitrogens with zero attached hydrogens (tertiary/aromatic N) is 4. The van der Waals surface area contributed by atoms with E-state index >= 15 is 4.39 Å². The fraction of sp³-hybridized carbons (Fsp3) is 0.531. The summed E-state index contributed by atoms with van der Waals surface area (Å²) in [7, 11) is 0. The van der Waals surface area contributed by atoms with Crippen LogP contribution in [0.15, 0.2) is 42.5 Å². The van der Waals surface area contributed by atoms with Crippen LogP contribution < -0.4 is 19.9 Å². The number of hydrogen-bond acceptors (Lipinski definition) is 8. The molecule has 0 bridgehead atoms. The van der Waals surface area contributed by atoms with Crippen LogP contribution in [0.2, 0.25) is 0 Å². The standard InChI is InChI=1S/C32H44FN5O6/c1-6-35(7-2)20-23-8-11-25(12-9-23)42-22-29(39)37-16-14-36(15-17-37)28-13-10-24(18-27(28)33)38-21-26(43-31(38)41)19-34-30(40)44-32(3,4)5/h8-13,18,26H,6-7,14-17,19-22H2,1-5H3,(H,34,40)/t26-/m0/s1. The monoisotopic (exact) mass is 613 g/mol. The molecule has 0 aliphatic carbocycles. The van der Waals surface area contributed by atoms with Crippen molar-refractivity contribution in [3.05, 3.63) is 53.8 Å². The van der Waals surface area contributed by atoms with Crippen molar-refractivity contribution in [1.82, 2.24) is 15.1 Å². The third-order valence-electron chi connectivity index (χ3n) is 7.55. The van der Waals surface area contributed by atoms with Gasteiger partial charge in [-0.3, -0.25) is 14.6 Å². The first kappa shape index (κ1) is 32.8. The number of ether oxygens (including phenoxy) is 3. The van der Waals surface area contributed by atoms with Crippen LogP contribution in [0, 0.1) is 5.82 Å². The Morgan fingerprint density at radius 2 is 1.73 bits per heavy atom. The number of hydrogen-bond donors (Lipinski definition) is 1. The maximum atomic E-state index is 15.2. The number of piperazine rings is 1. The van der Waals surface area contributed by atoms with Crippen molar-refractivity contribution in [2.75, 3.05) is 68.8 Å². The zero-order chi connectivity index (χ0) is 31.9. The highest BCUT2D eigenvalue weighted by Gasteiger charge is 2.34. The van der Waals surface area contributed by atoms with Gasteiger partial charge in [0.2, 0.25) is 0 Å². The molecule has 0 aromatic heterocycles. The van der Waals surface area contributed by atoms with Crippen molar-refractivity contribution in [3.8, 4) is 5.75 Å². The molecule has 2 saturated heterocycles. The lowest BCUT2D eigenvalue weighted by atomic mass is 10.2. The molecule has 0 spiro atoms. The molecule has 0 radical (unpaired) electrons. The lowest BCUT2D eigenvalue weighted by Gasteiger charge is -2.36. The fourth-order valence-electron chi connectivity index (χ4n) is 5.10. The summed E-state index contributed by atoms with van der Waals surface area (Å²) >= 11 is 0. The molecule has 1 atom stereocenters. The van der Waals surface area contributed by atoms with E-state index in [4.69, 9.17) is 14.2 Å². The Kier molecular flexibility index (Phi) is 10.9. The van der Waals surface area contributed by atoms with Gasteiger partial charge in [-0.05, 0) is 69.8 Å². The minimum absolute atomic E-state index is 0.0569. The number of nitrogens with one attached hydrogen (secondary N) is 1. The molecular weight excluding hydrogens is 569 g/mol. The van der Waals surface area contributed by atoms with E-state index in [9.17, 15) is 14.4 Å². The fourth-order valence-corrected chi connectivity index (χ4v) is 5.10. The van der Waals surface area contributed by atoms with Gasteiger partial charge < -0.3 is 29.3 Å². The molecule has 11 nitrogen and oxygen atoms in total. The smallest absolute Gasteiger partial charge is 0.414 e. The van der Waals surface area contributed by atoms with Crippen LogP contribution in [-0.4, -0.2) is 98.6 Å². The summed E-state index contributed by atoms with van der Waals surface area (Å²) in [6.45, 7) is 14.4. The third-order valence-corrected chi connectivity index (χ3v) is 7.55. The van der Waals surface area contributed by atoms with E-state index in [1.807, 2.05) is 29.2 Å². The zero-order valence-corrected chi connectivity index (χ0v) is 26.3. The molecule has 240 valence electrons. The quantitative estimate of drug-likeness (QED) is 0.402. The van der Waals surface area contributed by atoms with E-state index in [0.29, 0.717) is 43.3 Å². The molecule has 12 heteroatoms. The van der Waals surface area contributed by atoms with Gasteiger partial charge in [0.05, 0.1) is 24.5 Å². The van der Waals surface area contributed by atoms with Gasteiger partial charge in [-0.15, -0.1) is 0 Å². The number of carbonyl (C=O) groups excluding carboxylic acids is 3. The van der Waals surface area contributed by atoms with Crippen molar-refractivity contribution >= 4 is 29.5 Å². The molecule has 3 amide bonds. The molecule has 1 N–H and O–H groups in total. The van der Waals surface area contributed by atoms with Crippen LogP contribution in [-0.2, 0) is 20.8 Å². The van der Waals surface area contributed by atoms with Crippen LogP contribution >= 0.6 is 0 Å². The molecule has 2 aromatic carbocycles. The maximum Gasteiger partial charge on any atom is 0.414 e. The van der Waals surface area contributed by atoms with Gasteiger partial charge in [0.25, 0.3) is 5.91 Å². The molecular formula is C32H44FN5O6. The third kappa shape index (κ3) is 8.98. The minimum Gasteiger partial charge on any atom is -0.484 e. The first-order valence-corrected chi connectivity index (χ1v) is 15.2. The van der Waals surface area contributed by atoms with Crippen molar-refractivity contribution in [2.24, 2.45) is 0 Å². The Morgan fingerprint density at radius 3 is 2.34 bits per heavy atom. The largest absolute Gasteiger partial charge is 0.484 e. The molecule has 2 aliphatic rings. The Balaban J connectivity index is 1.23. The van der Waals surface area contributed by atoms with Gasteiger partial charge in [-0.25, -0.2) is 14.0 Å². The van der Waals surface area contributed by atoms with Crippen LogP contribution in [0.4, 0.5) is 25.4 Å². The number of rotatable bonds is 11. The van der Waals surface area contributed by atoms with Crippen molar-refractivity contribution in [2.45, 2.75) is 52.9 Å². The highest BCUT2D eigenvalue weighted by atomic mass is 19.1. The normalized spacial score (nSPS) is 17.1. The van der Waals surface area contributed by atoms with Crippen LogP contribution in [0.5, 0.6) is 5.75 Å². The molecule has 0 saturated carbocycles.